The van der Waals surface area contributed by atoms with Crippen LogP contribution in [0.4, 0.5) is 0 Å². The topological polar surface area (TPSA) is 71.2 Å². The largest absolute Gasteiger partial charge is 0.497 e. The van der Waals surface area contributed by atoms with Crippen molar-refractivity contribution < 1.29 is 13.2 Å². The molecule has 136 valence electrons. The summed E-state index contributed by atoms with van der Waals surface area (Å²) < 4.78 is 33.9. The molecule has 2 N–H and O–H groups in total. The van der Waals surface area contributed by atoms with Crippen LogP contribution in [0.5, 0.6) is 5.75 Å². The van der Waals surface area contributed by atoms with Crippen molar-refractivity contribution in [3.63, 3.8) is 0 Å². The smallest absolute Gasteiger partial charge is 0.241 e. The summed E-state index contributed by atoms with van der Waals surface area (Å²) in [6.45, 7) is 3.73. The van der Waals surface area contributed by atoms with Gasteiger partial charge in [-0.2, -0.15) is 0 Å². The lowest BCUT2D eigenvalue weighted by Crippen LogP contribution is -2.35. The van der Waals surface area contributed by atoms with Crippen molar-refractivity contribution in [2.75, 3.05) is 7.11 Å². The predicted molar refractivity (Wildman–Crippen MR) is 102 cm³/mol. The van der Waals surface area contributed by atoms with Gasteiger partial charge >= 0.3 is 0 Å². The summed E-state index contributed by atoms with van der Waals surface area (Å²) in [4.78, 5) is 3.77. The Balaban J connectivity index is 1.61. The summed E-state index contributed by atoms with van der Waals surface area (Å²) >= 11 is 0. The Kier molecular flexibility index (Phi) is 4.04. The minimum Gasteiger partial charge on any atom is -0.497 e. The predicted octanol–water partition coefficient (Wildman–Crippen LogP) is 3.24. The molecule has 2 aromatic carbocycles. The third kappa shape index (κ3) is 2.89. The lowest BCUT2D eigenvalue weighted by atomic mass is 10.1. The van der Waals surface area contributed by atoms with Crippen molar-refractivity contribution in [1.82, 2.24) is 9.71 Å². The maximum absolute atomic E-state index is 12.9. The van der Waals surface area contributed by atoms with Crippen LogP contribution in [-0.4, -0.2) is 26.6 Å². The number of sulfonamides is 1. The van der Waals surface area contributed by atoms with E-state index in [2.05, 4.69) is 9.71 Å². The van der Waals surface area contributed by atoms with Crippen molar-refractivity contribution in [2.24, 2.45) is 0 Å². The lowest BCUT2D eigenvalue weighted by molar-refractivity contribution is 0.415. The van der Waals surface area contributed by atoms with Gasteiger partial charge in [-0.3, -0.25) is 0 Å². The van der Waals surface area contributed by atoms with Gasteiger partial charge in [0.15, 0.2) is 0 Å². The summed E-state index contributed by atoms with van der Waals surface area (Å²) in [5.41, 5.74) is 5.03. The van der Waals surface area contributed by atoms with Gasteiger partial charge in [-0.15, -0.1) is 0 Å². The number of fused-ring (bicyclic) bond motifs is 3. The number of aromatic amines is 1. The van der Waals surface area contributed by atoms with Crippen molar-refractivity contribution in [3.8, 4) is 5.75 Å². The van der Waals surface area contributed by atoms with Gasteiger partial charge < -0.3 is 9.72 Å². The molecule has 1 aliphatic rings. The van der Waals surface area contributed by atoms with Crippen LogP contribution in [0.3, 0.4) is 0 Å². The highest BCUT2D eigenvalue weighted by Gasteiger charge is 2.30. The zero-order chi connectivity index (χ0) is 18.5. The zero-order valence-electron chi connectivity index (χ0n) is 15.1. The molecule has 1 aliphatic carbocycles. The third-order valence-electron chi connectivity index (χ3n) is 5.06. The van der Waals surface area contributed by atoms with Crippen molar-refractivity contribution in [1.29, 1.82) is 0 Å². The lowest BCUT2D eigenvalue weighted by Gasteiger charge is -2.15. The number of hydrogen-bond acceptors (Lipinski definition) is 3. The molecule has 3 aromatic rings. The average Bonchev–Trinajstić information content (AvgIpc) is 3.13. The molecular weight excluding hydrogens is 348 g/mol. The number of aromatic nitrogens is 1. The van der Waals surface area contributed by atoms with Crippen LogP contribution in [0, 0.1) is 13.8 Å². The van der Waals surface area contributed by atoms with E-state index in [1.165, 1.54) is 5.56 Å². The molecule has 5 nitrogen and oxygen atoms in total. The summed E-state index contributed by atoms with van der Waals surface area (Å²) in [6.07, 6.45) is 1.34. The Hall–Kier alpha value is -2.31. The first kappa shape index (κ1) is 17.1. The van der Waals surface area contributed by atoms with E-state index in [0.717, 1.165) is 33.5 Å². The average molecular weight is 370 g/mol. The van der Waals surface area contributed by atoms with Gasteiger partial charge in [-0.1, -0.05) is 12.1 Å². The van der Waals surface area contributed by atoms with Crippen LogP contribution in [0.1, 0.15) is 22.4 Å². The van der Waals surface area contributed by atoms with Gasteiger partial charge in [-0.25, -0.2) is 13.1 Å². The number of methoxy groups -OCH3 is 1. The maximum atomic E-state index is 12.9. The standard InChI is InChI=1S/C20H22N2O3S/c1-12-4-5-13(2)20(8-12)26(23,24)22-14-9-16-17-11-15(25-3)6-7-18(17)21-19(16)10-14/h4-8,11,14,21-22H,9-10H2,1-3H3. The summed E-state index contributed by atoms with van der Waals surface area (Å²) in [5, 5.41) is 1.10. The van der Waals surface area contributed by atoms with E-state index in [4.69, 9.17) is 4.74 Å². The Bertz CT molecular complexity index is 1100. The van der Waals surface area contributed by atoms with Crippen LogP contribution in [0.15, 0.2) is 41.3 Å². The molecule has 26 heavy (non-hydrogen) atoms. The molecule has 0 saturated heterocycles. The highest BCUT2D eigenvalue weighted by atomic mass is 32.2. The SMILES string of the molecule is COc1ccc2[nH]c3c(c2c1)CC(NS(=O)(=O)c1cc(C)ccc1C)C3. The molecule has 0 amide bonds. The van der Waals surface area contributed by atoms with Gasteiger partial charge in [0.1, 0.15) is 5.75 Å². The van der Waals surface area contributed by atoms with Crippen LogP contribution < -0.4 is 9.46 Å². The van der Waals surface area contributed by atoms with E-state index in [-0.39, 0.29) is 6.04 Å². The molecule has 1 heterocycles. The van der Waals surface area contributed by atoms with Crippen LogP contribution in [0.2, 0.25) is 0 Å². The molecule has 0 fully saturated rings. The van der Waals surface area contributed by atoms with E-state index in [1.54, 1.807) is 13.2 Å². The summed E-state index contributed by atoms with van der Waals surface area (Å²) in [5.74, 6) is 0.804. The molecule has 1 aromatic heterocycles. The second-order valence-electron chi connectivity index (χ2n) is 6.99. The Morgan fingerprint density at radius 2 is 1.92 bits per heavy atom. The van der Waals surface area contributed by atoms with E-state index < -0.39 is 10.0 Å². The third-order valence-corrected chi connectivity index (χ3v) is 6.72. The minimum atomic E-state index is -3.55. The fraction of sp³-hybridized carbons (Fsp3) is 0.300. The van der Waals surface area contributed by atoms with Gasteiger partial charge in [0.2, 0.25) is 10.0 Å². The molecule has 0 bridgehead atoms. The number of ether oxygens (including phenoxy) is 1. The molecule has 6 heteroatoms. The number of rotatable bonds is 4. The molecule has 4 rings (SSSR count). The summed E-state index contributed by atoms with van der Waals surface area (Å²) in [7, 11) is -1.90. The second-order valence-corrected chi connectivity index (χ2v) is 8.67. The van der Waals surface area contributed by atoms with Gasteiger partial charge in [0.25, 0.3) is 0 Å². The van der Waals surface area contributed by atoms with Gasteiger partial charge in [-0.05, 0) is 61.2 Å². The number of aryl methyl sites for hydroxylation is 2. The Labute approximate surface area is 153 Å². The quantitative estimate of drug-likeness (QED) is 0.741. The van der Waals surface area contributed by atoms with Crippen molar-refractivity contribution in [3.05, 3.63) is 58.8 Å². The van der Waals surface area contributed by atoms with Crippen LogP contribution in [-0.2, 0) is 22.9 Å². The van der Waals surface area contributed by atoms with Gasteiger partial charge in [0.05, 0.1) is 12.0 Å². The molecule has 1 unspecified atom stereocenters. The Morgan fingerprint density at radius 1 is 1.12 bits per heavy atom. The molecule has 0 radical (unpaired) electrons. The molecule has 1 atom stereocenters. The van der Waals surface area contributed by atoms with Crippen LogP contribution in [0.25, 0.3) is 10.9 Å². The molecule has 0 spiro atoms. The maximum Gasteiger partial charge on any atom is 0.241 e. The van der Waals surface area contributed by atoms with E-state index in [1.807, 2.05) is 44.2 Å². The highest BCUT2D eigenvalue weighted by Crippen LogP contribution is 2.33. The second kappa shape index (κ2) is 6.14. The number of benzene rings is 2. The van der Waals surface area contributed by atoms with Crippen molar-refractivity contribution >= 4 is 20.9 Å². The van der Waals surface area contributed by atoms with Gasteiger partial charge in [0, 0.05) is 29.1 Å². The molecular formula is C20H22N2O3S. The normalized spacial score (nSPS) is 16.8. The Morgan fingerprint density at radius 3 is 2.69 bits per heavy atom. The molecule has 0 aliphatic heterocycles. The van der Waals surface area contributed by atoms with Crippen LogP contribution >= 0.6 is 0 Å². The first-order chi connectivity index (χ1) is 12.4. The first-order valence-electron chi connectivity index (χ1n) is 8.64. The number of nitrogens with one attached hydrogen (secondary N) is 2. The van der Waals surface area contributed by atoms with Crippen molar-refractivity contribution in [2.45, 2.75) is 37.6 Å². The van der Waals surface area contributed by atoms with E-state index in [9.17, 15) is 8.42 Å². The first-order valence-corrected chi connectivity index (χ1v) is 10.1. The zero-order valence-corrected chi connectivity index (χ0v) is 15.9. The highest BCUT2D eigenvalue weighted by molar-refractivity contribution is 7.89. The summed E-state index contributed by atoms with van der Waals surface area (Å²) in [6, 6.07) is 11.3. The monoisotopic (exact) mass is 370 g/mol. The minimum absolute atomic E-state index is 0.142. The fourth-order valence-corrected chi connectivity index (χ4v) is 5.31. The fourth-order valence-electron chi connectivity index (χ4n) is 3.74. The van der Waals surface area contributed by atoms with E-state index in [0.29, 0.717) is 17.7 Å². The molecule has 0 saturated carbocycles. The number of hydrogen-bond donors (Lipinski definition) is 2. The van der Waals surface area contributed by atoms with E-state index >= 15 is 0 Å². The number of H-pyrrole nitrogens is 1.